The van der Waals surface area contributed by atoms with Crippen molar-refractivity contribution in [2.75, 3.05) is 6.61 Å². The minimum Gasteiger partial charge on any atom is -0.478 e. The third-order valence-corrected chi connectivity index (χ3v) is 6.80. The summed E-state index contributed by atoms with van der Waals surface area (Å²) in [6.07, 6.45) is 26.0. The summed E-state index contributed by atoms with van der Waals surface area (Å²) in [5.41, 5.74) is 0.869. The standard InChI is InChI=1S/C28H54O4/c1-25(26(2)28(31)32)27(30)23-21-19-17-15-13-11-9-7-5-3-4-6-8-10-12-14-16-18-20-22-24-29/h27,29-30H,3-24H2,1-2H3,(H,31,32). The SMILES string of the molecule is CC(C(=O)O)=C(C)C(O)CCCCCCCCCCCCCCCCCCCCCCO. The van der Waals surface area contributed by atoms with Crippen LogP contribution in [0, 0.1) is 0 Å². The molecule has 32 heavy (non-hydrogen) atoms. The van der Waals surface area contributed by atoms with Gasteiger partial charge in [-0.05, 0) is 32.3 Å². The molecule has 1 unspecified atom stereocenters. The Morgan fingerprint density at radius 2 is 0.844 bits per heavy atom. The number of aliphatic carboxylic acids is 1. The first kappa shape index (κ1) is 31.1. The lowest BCUT2D eigenvalue weighted by Crippen LogP contribution is -2.13. The molecule has 0 aromatic heterocycles. The van der Waals surface area contributed by atoms with Gasteiger partial charge in [-0.25, -0.2) is 4.79 Å². The van der Waals surface area contributed by atoms with E-state index in [-0.39, 0.29) is 5.57 Å². The highest BCUT2D eigenvalue weighted by Gasteiger charge is 2.13. The molecular formula is C28H54O4. The summed E-state index contributed by atoms with van der Waals surface area (Å²) in [5.74, 6) is -0.936. The van der Waals surface area contributed by atoms with Gasteiger partial charge in [0.15, 0.2) is 0 Å². The fraction of sp³-hybridized carbons (Fsp3) is 0.893. The molecule has 0 heterocycles. The van der Waals surface area contributed by atoms with E-state index in [9.17, 15) is 9.90 Å². The number of aliphatic hydroxyl groups excluding tert-OH is 2. The Morgan fingerprint density at radius 1 is 0.562 bits per heavy atom. The van der Waals surface area contributed by atoms with Gasteiger partial charge < -0.3 is 15.3 Å². The average molecular weight is 455 g/mol. The fourth-order valence-electron chi connectivity index (χ4n) is 4.27. The minimum atomic E-state index is -0.936. The maximum atomic E-state index is 10.9. The molecule has 0 aliphatic rings. The van der Waals surface area contributed by atoms with Crippen LogP contribution in [0.3, 0.4) is 0 Å². The van der Waals surface area contributed by atoms with Gasteiger partial charge in [-0.2, -0.15) is 0 Å². The van der Waals surface area contributed by atoms with E-state index >= 15 is 0 Å². The van der Waals surface area contributed by atoms with Crippen LogP contribution in [0.2, 0.25) is 0 Å². The van der Waals surface area contributed by atoms with Crippen LogP contribution in [-0.4, -0.2) is 34.0 Å². The monoisotopic (exact) mass is 454 g/mol. The number of rotatable bonds is 24. The summed E-state index contributed by atoms with van der Waals surface area (Å²) >= 11 is 0. The van der Waals surface area contributed by atoms with Gasteiger partial charge >= 0.3 is 5.97 Å². The molecule has 4 heteroatoms. The molecule has 0 saturated carbocycles. The molecule has 0 aromatic rings. The van der Waals surface area contributed by atoms with Gasteiger partial charge in [-0.15, -0.1) is 0 Å². The molecular weight excluding hydrogens is 400 g/mol. The Bertz CT molecular complexity index is 458. The van der Waals surface area contributed by atoms with E-state index in [0.717, 1.165) is 19.3 Å². The molecule has 0 fully saturated rings. The van der Waals surface area contributed by atoms with Crippen molar-refractivity contribution < 1.29 is 20.1 Å². The van der Waals surface area contributed by atoms with Crippen LogP contribution in [0.1, 0.15) is 149 Å². The Hall–Kier alpha value is -0.870. The lowest BCUT2D eigenvalue weighted by atomic mass is 9.99. The predicted octanol–water partition coefficient (Wildman–Crippen LogP) is 7.95. The molecule has 0 bridgehead atoms. The predicted molar refractivity (Wildman–Crippen MR) is 136 cm³/mol. The van der Waals surface area contributed by atoms with Crippen molar-refractivity contribution in [2.45, 2.75) is 155 Å². The summed E-state index contributed by atoms with van der Waals surface area (Å²) in [6, 6.07) is 0. The molecule has 190 valence electrons. The smallest absolute Gasteiger partial charge is 0.331 e. The highest BCUT2D eigenvalue weighted by Crippen LogP contribution is 2.17. The zero-order valence-electron chi connectivity index (χ0n) is 21.4. The van der Waals surface area contributed by atoms with E-state index in [4.69, 9.17) is 10.2 Å². The van der Waals surface area contributed by atoms with Gasteiger partial charge in [0, 0.05) is 12.2 Å². The molecule has 0 aliphatic carbocycles. The van der Waals surface area contributed by atoms with Crippen LogP contribution in [0.25, 0.3) is 0 Å². The summed E-state index contributed by atoms with van der Waals surface area (Å²) in [7, 11) is 0. The van der Waals surface area contributed by atoms with E-state index in [0.29, 0.717) is 18.6 Å². The summed E-state index contributed by atoms with van der Waals surface area (Å²) in [5, 5.41) is 27.8. The second-order valence-electron chi connectivity index (χ2n) is 9.71. The van der Waals surface area contributed by atoms with E-state index in [1.165, 1.54) is 109 Å². The normalized spacial score (nSPS) is 13.2. The first-order valence-corrected chi connectivity index (χ1v) is 13.7. The Kier molecular flexibility index (Phi) is 22.7. The van der Waals surface area contributed by atoms with Gasteiger partial charge in [0.2, 0.25) is 0 Å². The van der Waals surface area contributed by atoms with Gasteiger partial charge in [-0.1, -0.05) is 122 Å². The number of carboxylic acids is 1. The maximum Gasteiger partial charge on any atom is 0.331 e. The molecule has 0 saturated heterocycles. The van der Waals surface area contributed by atoms with Crippen LogP contribution in [0.15, 0.2) is 11.1 Å². The Labute approximate surface area is 198 Å². The van der Waals surface area contributed by atoms with E-state index in [1.807, 2.05) is 0 Å². The van der Waals surface area contributed by atoms with E-state index in [2.05, 4.69) is 0 Å². The molecule has 0 spiro atoms. The van der Waals surface area contributed by atoms with Crippen molar-refractivity contribution in [2.24, 2.45) is 0 Å². The van der Waals surface area contributed by atoms with E-state index < -0.39 is 12.1 Å². The van der Waals surface area contributed by atoms with E-state index in [1.54, 1.807) is 13.8 Å². The second kappa shape index (κ2) is 23.3. The van der Waals surface area contributed by atoms with Gasteiger partial charge in [0.25, 0.3) is 0 Å². The maximum absolute atomic E-state index is 10.9. The minimum absolute atomic E-state index is 0.273. The van der Waals surface area contributed by atoms with Gasteiger partial charge in [0.1, 0.15) is 0 Å². The molecule has 1 atom stereocenters. The highest BCUT2D eigenvalue weighted by molar-refractivity contribution is 5.86. The Morgan fingerprint density at radius 3 is 1.12 bits per heavy atom. The molecule has 3 N–H and O–H groups in total. The second-order valence-corrected chi connectivity index (χ2v) is 9.71. The quantitative estimate of drug-likeness (QED) is 0.102. The summed E-state index contributed by atoms with van der Waals surface area (Å²) < 4.78 is 0. The van der Waals surface area contributed by atoms with Crippen LogP contribution in [0.4, 0.5) is 0 Å². The topological polar surface area (TPSA) is 77.8 Å². The number of carbonyl (C=O) groups is 1. The first-order valence-electron chi connectivity index (χ1n) is 13.7. The van der Waals surface area contributed by atoms with Crippen LogP contribution < -0.4 is 0 Å². The third-order valence-electron chi connectivity index (χ3n) is 6.80. The number of hydrogen-bond donors (Lipinski definition) is 3. The largest absolute Gasteiger partial charge is 0.478 e. The number of unbranched alkanes of at least 4 members (excludes halogenated alkanes) is 19. The van der Waals surface area contributed by atoms with Crippen molar-refractivity contribution in [1.29, 1.82) is 0 Å². The van der Waals surface area contributed by atoms with Crippen LogP contribution in [0.5, 0.6) is 0 Å². The number of carboxylic acid groups (broad SMARTS) is 1. The van der Waals surface area contributed by atoms with Crippen molar-refractivity contribution >= 4 is 5.97 Å². The number of hydrogen-bond acceptors (Lipinski definition) is 3. The Balaban J connectivity index is 3.26. The van der Waals surface area contributed by atoms with Crippen molar-refractivity contribution in [1.82, 2.24) is 0 Å². The third kappa shape index (κ3) is 19.8. The fourth-order valence-corrected chi connectivity index (χ4v) is 4.27. The molecule has 0 aliphatic heterocycles. The van der Waals surface area contributed by atoms with Crippen LogP contribution in [-0.2, 0) is 4.79 Å². The molecule has 0 aromatic carbocycles. The van der Waals surface area contributed by atoms with Gasteiger partial charge in [-0.3, -0.25) is 0 Å². The zero-order chi connectivity index (χ0) is 23.9. The summed E-state index contributed by atoms with van der Waals surface area (Å²) in [4.78, 5) is 10.9. The molecule has 0 amide bonds. The highest BCUT2D eigenvalue weighted by atomic mass is 16.4. The molecule has 0 radical (unpaired) electrons. The first-order chi connectivity index (χ1) is 15.5. The van der Waals surface area contributed by atoms with Crippen molar-refractivity contribution in [3.05, 3.63) is 11.1 Å². The van der Waals surface area contributed by atoms with Gasteiger partial charge in [0.05, 0.1) is 6.10 Å². The van der Waals surface area contributed by atoms with Crippen molar-refractivity contribution in [3.8, 4) is 0 Å². The van der Waals surface area contributed by atoms with Crippen LogP contribution >= 0.6 is 0 Å². The molecule has 0 rings (SSSR count). The lowest BCUT2D eigenvalue weighted by molar-refractivity contribution is -0.132. The van der Waals surface area contributed by atoms with Crippen molar-refractivity contribution in [3.63, 3.8) is 0 Å². The summed E-state index contributed by atoms with van der Waals surface area (Å²) in [6.45, 7) is 3.64. The lowest BCUT2D eigenvalue weighted by Gasteiger charge is -2.12. The zero-order valence-corrected chi connectivity index (χ0v) is 21.4. The average Bonchev–Trinajstić information content (AvgIpc) is 2.78. The molecule has 4 nitrogen and oxygen atoms in total. The number of aliphatic hydroxyl groups is 2.